The Bertz CT molecular complexity index is 911. The molecule has 0 radical (unpaired) electrons. The molecule has 0 atom stereocenters. The van der Waals surface area contributed by atoms with Crippen LogP contribution in [-0.4, -0.2) is 65.4 Å². The maximum absolute atomic E-state index is 12.9. The Hall–Kier alpha value is -1.97. The van der Waals surface area contributed by atoms with Crippen molar-refractivity contribution in [2.45, 2.75) is 23.9 Å². The summed E-state index contributed by atoms with van der Waals surface area (Å²) in [4.78, 5) is 22.6. The fourth-order valence-electron chi connectivity index (χ4n) is 2.98. The molecule has 7 nitrogen and oxygen atoms in total. The normalized spacial score (nSPS) is 15.7. The van der Waals surface area contributed by atoms with Gasteiger partial charge in [0.25, 0.3) is 0 Å². The van der Waals surface area contributed by atoms with Crippen LogP contribution in [0.5, 0.6) is 0 Å². The molecule has 0 unspecified atom stereocenters. The van der Waals surface area contributed by atoms with E-state index in [9.17, 15) is 13.2 Å². The Kier molecular flexibility index (Phi) is 6.13. The van der Waals surface area contributed by atoms with Gasteiger partial charge in [-0.2, -0.15) is 4.31 Å². The minimum absolute atomic E-state index is 0.0315. The molecule has 1 aromatic carbocycles. The predicted molar refractivity (Wildman–Crippen MR) is 104 cm³/mol. The van der Waals surface area contributed by atoms with Gasteiger partial charge in [0, 0.05) is 38.6 Å². The molecule has 0 spiro atoms. The number of aryl methyl sites for hydroxylation is 2. The molecular weight excluding hydrogens is 384 g/mol. The van der Waals surface area contributed by atoms with Gasteiger partial charge < -0.3 is 4.90 Å². The largest absolute Gasteiger partial charge is 0.339 e. The molecule has 9 heteroatoms. The van der Waals surface area contributed by atoms with Crippen LogP contribution in [0, 0.1) is 13.8 Å². The fourth-order valence-corrected chi connectivity index (χ4v) is 5.32. The van der Waals surface area contributed by atoms with E-state index in [4.69, 9.17) is 0 Å². The SMILES string of the molecule is Cc1ccc(S(=O)(=O)N2CCN(C(=O)CSc3ncccn3)CC2)c(C)c1. The zero-order valence-electron chi connectivity index (χ0n) is 15.3. The van der Waals surface area contributed by atoms with E-state index in [1.807, 2.05) is 26.0 Å². The minimum Gasteiger partial charge on any atom is -0.339 e. The first-order valence-electron chi connectivity index (χ1n) is 8.63. The lowest BCUT2D eigenvalue weighted by Crippen LogP contribution is -2.51. The number of rotatable bonds is 5. The van der Waals surface area contributed by atoms with Gasteiger partial charge in [-0.25, -0.2) is 18.4 Å². The van der Waals surface area contributed by atoms with Crippen LogP contribution in [0.4, 0.5) is 0 Å². The molecule has 0 N–H and O–H groups in total. The molecule has 2 heterocycles. The highest BCUT2D eigenvalue weighted by molar-refractivity contribution is 7.99. The number of hydrogen-bond acceptors (Lipinski definition) is 6. The Morgan fingerprint density at radius 2 is 1.78 bits per heavy atom. The molecule has 1 saturated heterocycles. The van der Waals surface area contributed by atoms with Crippen molar-refractivity contribution in [1.82, 2.24) is 19.2 Å². The van der Waals surface area contributed by atoms with Gasteiger partial charge >= 0.3 is 0 Å². The van der Waals surface area contributed by atoms with Crippen LogP contribution in [0.15, 0.2) is 46.7 Å². The van der Waals surface area contributed by atoms with Crippen LogP contribution in [0.25, 0.3) is 0 Å². The van der Waals surface area contributed by atoms with Crippen molar-refractivity contribution in [2.75, 3.05) is 31.9 Å². The summed E-state index contributed by atoms with van der Waals surface area (Å²) in [5.41, 5.74) is 1.77. The number of carbonyl (C=O) groups excluding carboxylic acids is 1. The summed E-state index contributed by atoms with van der Waals surface area (Å²) in [5, 5.41) is 0.557. The van der Waals surface area contributed by atoms with E-state index < -0.39 is 10.0 Å². The van der Waals surface area contributed by atoms with Crippen LogP contribution in [0.1, 0.15) is 11.1 Å². The van der Waals surface area contributed by atoms with Gasteiger partial charge in [-0.3, -0.25) is 4.79 Å². The van der Waals surface area contributed by atoms with Gasteiger partial charge in [-0.05, 0) is 31.5 Å². The molecule has 1 fully saturated rings. The summed E-state index contributed by atoms with van der Waals surface area (Å²) in [5.74, 6) is 0.212. The molecule has 1 aromatic heterocycles. The van der Waals surface area contributed by atoms with Gasteiger partial charge in [-0.15, -0.1) is 0 Å². The van der Waals surface area contributed by atoms with Gasteiger partial charge in [0.05, 0.1) is 10.6 Å². The van der Waals surface area contributed by atoms with E-state index >= 15 is 0 Å². The summed E-state index contributed by atoms with van der Waals surface area (Å²) in [7, 11) is -3.54. The second kappa shape index (κ2) is 8.37. The second-order valence-electron chi connectivity index (χ2n) is 6.37. The van der Waals surface area contributed by atoms with Crippen LogP contribution in [0.2, 0.25) is 0 Å². The number of carbonyl (C=O) groups is 1. The molecule has 3 rings (SSSR count). The Morgan fingerprint density at radius 3 is 2.41 bits per heavy atom. The molecule has 0 bridgehead atoms. The van der Waals surface area contributed by atoms with Crippen LogP contribution < -0.4 is 0 Å². The molecule has 0 aliphatic carbocycles. The maximum atomic E-state index is 12.9. The maximum Gasteiger partial charge on any atom is 0.243 e. The van der Waals surface area contributed by atoms with Crippen molar-refractivity contribution in [3.63, 3.8) is 0 Å². The molecule has 1 aliphatic rings. The number of sulfonamides is 1. The highest BCUT2D eigenvalue weighted by atomic mass is 32.2. The highest BCUT2D eigenvalue weighted by Crippen LogP contribution is 2.22. The van der Waals surface area contributed by atoms with Crippen LogP contribution in [0.3, 0.4) is 0 Å². The van der Waals surface area contributed by atoms with E-state index in [0.717, 1.165) is 11.1 Å². The highest BCUT2D eigenvalue weighted by Gasteiger charge is 2.31. The topological polar surface area (TPSA) is 83.5 Å². The van der Waals surface area contributed by atoms with Crippen LogP contribution >= 0.6 is 11.8 Å². The quantitative estimate of drug-likeness (QED) is 0.555. The van der Waals surface area contributed by atoms with Crippen molar-refractivity contribution in [2.24, 2.45) is 0 Å². The van der Waals surface area contributed by atoms with Gasteiger partial charge in [0.1, 0.15) is 0 Å². The van der Waals surface area contributed by atoms with Crippen molar-refractivity contribution in [3.8, 4) is 0 Å². The van der Waals surface area contributed by atoms with E-state index in [2.05, 4.69) is 9.97 Å². The van der Waals surface area contributed by atoms with E-state index in [0.29, 0.717) is 36.2 Å². The van der Waals surface area contributed by atoms with E-state index in [-0.39, 0.29) is 11.7 Å². The third kappa shape index (κ3) is 4.66. The van der Waals surface area contributed by atoms with Crippen molar-refractivity contribution in [3.05, 3.63) is 47.8 Å². The van der Waals surface area contributed by atoms with Gasteiger partial charge in [-0.1, -0.05) is 29.5 Å². The molecule has 2 aromatic rings. The lowest BCUT2D eigenvalue weighted by molar-refractivity contribution is -0.129. The summed E-state index contributed by atoms with van der Waals surface area (Å²) in [6.45, 7) is 5.12. The standard InChI is InChI=1S/C18H22N4O3S2/c1-14-4-5-16(15(2)12-14)27(24,25)22-10-8-21(9-11-22)17(23)13-26-18-19-6-3-7-20-18/h3-7,12H,8-11,13H2,1-2H3. The summed E-state index contributed by atoms with van der Waals surface area (Å²) >= 11 is 1.28. The molecular formula is C18H22N4O3S2. The molecule has 1 aliphatic heterocycles. The summed E-state index contributed by atoms with van der Waals surface area (Å²) in [6.07, 6.45) is 3.27. The zero-order valence-corrected chi connectivity index (χ0v) is 17.0. The van der Waals surface area contributed by atoms with Gasteiger partial charge in [0.15, 0.2) is 5.16 Å². The van der Waals surface area contributed by atoms with E-state index in [1.165, 1.54) is 16.1 Å². The second-order valence-corrected chi connectivity index (χ2v) is 9.22. The Balaban J connectivity index is 1.58. The fraction of sp³-hybridized carbons (Fsp3) is 0.389. The number of amides is 1. The molecule has 1 amide bonds. The van der Waals surface area contributed by atoms with Crippen molar-refractivity contribution < 1.29 is 13.2 Å². The first-order valence-corrected chi connectivity index (χ1v) is 11.1. The number of aromatic nitrogens is 2. The average molecular weight is 407 g/mol. The first-order chi connectivity index (χ1) is 12.9. The number of thioether (sulfide) groups is 1. The Labute approximate surface area is 163 Å². The third-order valence-electron chi connectivity index (χ3n) is 4.41. The summed E-state index contributed by atoms with van der Waals surface area (Å²) < 4.78 is 27.3. The predicted octanol–water partition coefficient (Wildman–Crippen LogP) is 1.72. The monoisotopic (exact) mass is 406 g/mol. The molecule has 0 saturated carbocycles. The lowest BCUT2D eigenvalue weighted by Gasteiger charge is -2.34. The van der Waals surface area contributed by atoms with Gasteiger partial charge in [0.2, 0.25) is 15.9 Å². The molecule has 27 heavy (non-hydrogen) atoms. The lowest BCUT2D eigenvalue weighted by atomic mass is 10.2. The number of piperazine rings is 1. The Morgan fingerprint density at radius 1 is 1.11 bits per heavy atom. The minimum atomic E-state index is -3.54. The zero-order chi connectivity index (χ0) is 19.4. The number of nitrogens with zero attached hydrogens (tertiary/aromatic N) is 4. The third-order valence-corrected chi connectivity index (χ3v) is 7.33. The summed E-state index contributed by atoms with van der Waals surface area (Å²) in [6, 6.07) is 7.06. The van der Waals surface area contributed by atoms with E-state index in [1.54, 1.807) is 29.4 Å². The van der Waals surface area contributed by atoms with Crippen LogP contribution in [-0.2, 0) is 14.8 Å². The molecule has 144 valence electrons. The van der Waals surface area contributed by atoms with Crippen molar-refractivity contribution >= 4 is 27.7 Å². The number of benzene rings is 1. The average Bonchev–Trinajstić information content (AvgIpc) is 2.66. The smallest absolute Gasteiger partial charge is 0.243 e. The number of hydrogen-bond donors (Lipinski definition) is 0. The van der Waals surface area contributed by atoms with Crippen molar-refractivity contribution in [1.29, 1.82) is 0 Å². The first kappa shape index (κ1) is 19.8.